The molecule has 0 bridgehead atoms. The largest absolute Gasteiger partial charge is 0.460 e. The number of carbonyl (C=O) groups is 2. The monoisotopic (exact) mass is 380 g/mol. The van der Waals surface area contributed by atoms with Gasteiger partial charge < -0.3 is 9.47 Å². The second kappa shape index (κ2) is 13.4. The molecule has 144 valence electrons. The normalized spacial score (nSPS) is 12.1. The first-order valence-electron chi connectivity index (χ1n) is 9.31. The van der Waals surface area contributed by atoms with E-state index in [4.69, 9.17) is 21.1 Å². The Morgan fingerprint density at radius 3 is 2.31 bits per heavy atom. The molecular formula is C21H29ClO4. The Morgan fingerprint density at radius 2 is 1.62 bits per heavy atom. The summed E-state index contributed by atoms with van der Waals surface area (Å²) in [5.74, 6) is -1.10. The maximum absolute atomic E-state index is 11.7. The summed E-state index contributed by atoms with van der Waals surface area (Å²) in [4.78, 5) is 23.3. The Labute approximate surface area is 161 Å². The first-order valence-corrected chi connectivity index (χ1v) is 9.69. The first-order chi connectivity index (χ1) is 12.5. The molecule has 0 radical (unpaired) electrons. The minimum atomic E-state index is -0.583. The molecule has 1 rings (SSSR count). The Balaban J connectivity index is 2.17. The van der Waals surface area contributed by atoms with E-state index in [1.165, 1.54) is 25.7 Å². The van der Waals surface area contributed by atoms with Crippen molar-refractivity contribution in [1.29, 1.82) is 0 Å². The van der Waals surface area contributed by atoms with Crippen molar-refractivity contribution in [3.8, 4) is 0 Å². The second-order valence-electron chi connectivity index (χ2n) is 6.37. The van der Waals surface area contributed by atoms with Crippen LogP contribution in [0.5, 0.6) is 0 Å². The van der Waals surface area contributed by atoms with Gasteiger partial charge in [0.25, 0.3) is 0 Å². The maximum Gasteiger partial charge on any atom is 0.331 e. The Kier molecular flexibility index (Phi) is 11.5. The molecule has 0 fully saturated rings. The van der Waals surface area contributed by atoms with E-state index in [2.05, 4.69) is 6.92 Å². The van der Waals surface area contributed by atoms with E-state index in [0.717, 1.165) is 37.0 Å². The van der Waals surface area contributed by atoms with Gasteiger partial charge in [0.05, 0.1) is 6.10 Å². The van der Waals surface area contributed by atoms with Crippen molar-refractivity contribution < 1.29 is 19.1 Å². The van der Waals surface area contributed by atoms with E-state index in [-0.39, 0.29) is 12.7 Å². The predicted octanol–water partition coefficient (Wildman–Crippen LogP) is 5.62. The molecule has 5 heteroatoms. The van der Waals surface area contributed by atoms with Crippen molar-refractivity contribution in [2.75, 3.05) is 0 Å². The lowest BCUT2D eigenvalue weighted by Gasteiger charge is -2.11. The minimum Gasteiger partial charge on any atom is -0.460 e. The van der Waals surface area contributed by atoms with Crippen molar-refractivity contribution in [3.05, 3.63) is 47.0 Å². The average molecular weight is 381 g/mol. The molecule has 0 amide bonds. The zero-order chi connectivity index (χ0) is 19.2. The summed E-state index contributed by atoms with van der Waals surface area (Å²) >= 11 is 5.79. The highest BCUT2D eigenvalue weighted by Gasteiger charge is 2.07. The number of carbonyl (C=O) groups excluding carboxylic acids is 2. The van der Waals surface area contributed by atoms with Gasteiger partial charge in [0.2, 0.25) is 0 Å². The number of unbranched alkanes of at least 4 members (excludes halogenated alkanes) is 5. The molecule has 1 unspecified atom stereocenters. The summed E-state index contributed by atoms with van der Waals surface area (Å²) in [7, 11) is 0. The van der Waals surface area contributed by atoms with Crippen LogP contribution in [0.15, 0.2) is 36.4 Å². The number of benzene rings is 1. The summed E-state index contributed by atoms with van der Waals surface area (Å²) in [6, 6.07) is 7.00. The lowest BCUT2D eigenvalue weighted by atomic mass is 10.1. The Bertz CT molecular complexity index is 566. The number of ether oxygens (including phenoxy) is 2. The third-order valence-electron chi connectivity index (χ3n) is 3.93. The average Bonchev–Trinajstić information content (AvgIpc) is 2.62. The fraction of sp³-hybridized carbons (Fsp3) is 0.524. The van der Waals surface area contributed by atoms with Crippen molar-refractivity contribution in [3.63, 3.8) is 0 Å². The van der Waals surface area contributed by atoms with Crippen LogP contribution in [-0.4, -0.2) is 18.0 Å². The fourth-order valence-electron chi connectivity index (χ4n) is 2.43. The first kappa shape index (κ1) is 22.2. The van der Waals surface area contributed by atoms with E-state index < -0.39 is 11.9 Å². The highest BCUT2D eigenvalue weighted by Crippen LogP contribution is 2.11. The van der Waals surface area contributed by atoms with Gasteiger partial charge in [-0.05, 0) is 37.5 Å². The number of hydrogen-bond donors (Lipinski definition) is 0. The topological polar surface area (TPSA) is 52.6 Å². The van der Waals surface area contributed by atoms with Crippen LogP contribution in [0, 0.1) is 0 Å². The molecule has 0 spiro atoms. The fourth-order valence-corrected chi connectivity index (χ4v) is 2.55. The van der Waals surface area contributed by atoms with Crippen LogP contribution in [0.25, 0.3) is 0 Å². The van der Waals surface area contributed by atoms with Gasteiger partial charge in [-0.25, -0.2) is 9.59 Å². The number of esters is 2. The van der Waals surface area contributed by atoms with E-state index >= 15 is 0 Å². The standard InChI is InChI=1S/C21H29ClO4/c1-3-4-5-6-7-8-9-17(2)26-21(24)15-14-20(23)25-16-18-10-12-19(22)13-11-18/h10-15,17H,3-9,16H2,1-2H3/b15-14+. The quantitative estimate of drug-likeness (QED) is 0.268. The molecule has 0 saturated heterocycles. The van der Waals surface area contributed by atoms with Crippen LogP contribution in [-0.2, 0) is 25.7 Å². The SMILES string of the molecule is CCCCCCCCC(C)OC(=O)/C=C/C(=O)OCc1ccc(Cl)cc1. The van der Waals surface area contributed by atoms with Crippen LogP contribution < -0.4 is 0 Å². The van der Waals surface area contributed by atoms with E-state index in [1.54, 1.807) is 24.3 Å². The summed E-state index contributed by atoms with van der Waals surface area (Å²) in [6.07, 6.45) is 10.1. The van der Waals surface area contributed by atoms with Crippen molar-refractivity contribution in [2.45, 2.75) is 71.5 Å². The Hall–Kier alpha value is -1.81. The summed E-state index contributed by atoms with van der Waals surface area (Å²) in [5.41, 5.74) is 0.825. The zero-order valence-electron chi connectivity index (χ0n) is 15.7. The smallest absolute Gasteiger partial charge is 0.331 e. The van der Waals surface area contributed by atoms with Crippen LogP contribution in [0.4, 0.5) is 0 Å². The second-order valence-corrected chi connectivity index (χ2v) is 6.81. The molecule has 1 atom stereocenters. The summed E-state index contributed by atoms with van der Waals surface area (Å²) in [5, 5.41) is 0.623. The predicted molar refractivity (Wildman–Crippen MR) is 104 cm³/mol. The number of hydrogen-bond acceptors (Lipinski definition) is 4. The maximum atomic E-state index is 11.7. The van der Waals surface area contributed by atoms with Crippen LogP contribution in [0.1, 0.15) is 64.4 Å². The van der Waals surface area contributed by atoms with E-state index in [1.807, 2.05) is 6.92 Å². The molecule has 0 aliphatic rings. The lowest BCUT2D eigenvalue weighted by Crippen LogP contribution is -2.13. The van der Waals surface area contributed by atoms with E-state index in [9.17, 15) is 9.59 Å². The zero-order valence-corrected chi connectivity index (χ0v) is 16.5. The van der Waals surface area contributed by atoms with Gasteiger partial charge in [-0.3, -0.25) is 0 Å². The van der Waals surface area contributed by atoms with E-state index in [0.29, 0.717) is 5.02 Å². The minimum absolute atomic E-state index is 0.129. The highest BCUT2D eigenvalue weighted by molar-refractivity contribution is 6.30. The van der Waals surface area contributed by atoms with Gasteiger partial charge in [-0.1, -0.05) is 62.8 Å². The van der Waals surface area contributed by atoms with Crippen molar-refractivity contribution >= 4 is 23.5 Å². The molecule has 1 aromatic carbocycles. The summed E-state index contributed by atoms with van der Waals surface area (Å²) in [6.45, 7) is 4.20. The lowest BCUT2D eigenvalue weighted by molar-refractivity contribution is -0.144. The molecule has 0 aliphatic heterocycles. The number of rotatable bonds is 12. The molecule has 0 heterocycles. The Morgan fingerprint density at radius 1 is 1.00 bits per heavy atom. The van der Waals surface area contributed by atoms with Gasteiger partial charge in [0, 0.05) is 17.2 Å². The molecule has 4 nitrogen and oxygen atoms in total. The van der Waals surface area contributed by atoms with Gasteiger partial charge in [-0.15, -0.1) is 0 Å². The van der Waals surface area contributed by atoms with Crippen LogP contribution in [0.2, 0.25) is 5.02 Å². The molecule has 26 heavy (non-hydrogen) atoms. The van der Waals surface area contributed by atoms with Gasteiger partial charge in [0.15, 0.2) is 0 Å². The van der Waals surface area contributed by atoms with Gasteiger partial charge in [0.1, 0.15) is 6.61 Å². The van der Waals surface area contributed by atoms with Crippen molar-refractivity contribution in [2.24, 2.45) is 0 Å². The molecule has 0 N–H and O–H groups in total. The molecule has 0 saturated carbocycles. The van der Waals surface area contributed by atoms with Gasteiger partial charge >= 0.3 is 11.9 Å². The molecule has 0 aromatic heterocycles. The van der Waals surface area contributed by atoms with Gasteiger partial charge in [-0.2, -0.15) is 0 Å². The van der Waals surface area contributed by atoms with Crippen molar-refractivity contribution in [1.82, 2.24) is 0 Å². The summed E-state index contributed by atoms with van der Waals surface area (Å²) < 4.78 is 10.3. The van der Waals surface area contributed by atoms with Crippen LogP contribution in [0.3, 0.4) is 0 Å². The van der Waals surface area contributed by atoms with Crippen LogP contribution >= 0.6 is 11.6 Å². The molecular weight excluding hydrogens is 352 g/mol. The third kappa shape index (κ3) is 10.9. The third-order valence-corrected chi connectivity index (χ3v) is 4.18. The number of halogens is 1. The molecule has 1 aromatic rings. The molecule has 0 aliphatic carbocycles. The highest BCUT2D eigenvalue weighted by atomic mass is 35.5.